The zero-order valence-electron chi connectivity index (χ0n) is 8.06. The summed E-state index contributed by atoms with van der Waals surface area (Å²) in [6.07, 6.45) is 0.797. The van der Waals surface area contributed by atoms with Crippen molar-refractivity contribution < 1.29 is 9.59 Å². The van der Waals surface area contributed by atoms with Gasteiger partial charge in [-0.1, -0.05) is 20.8 Å². The summed E-state index contributed by atoms with van der Waals surface area (Å²) in [6.45, 7) is 5.51. The SMILES string of the molecule is CCC(C(=O)Cl)C(C)(C)CC(=O)Cl. The molecule has 4 heteroatoms. The number of carbonyl (C=O) groups is 2. The van der Waals surface area contributed by atoms with Crippen LogP contribution in [0.15, 0.2) is 0 Å². The van der Waals surface area contributed by atoms with Gasteiger partial charge in [0.05, 0.1) is 0 Å². The largest absolute Gasteiger partial charge is 0.281 e. The lowest BCUT2D eigenvalue weighted by Crippen LogP contribution is -2.29. The summed E-state index contributed by atoms with van der Waals surface area (Å²) >= 11 is 10.7. The Hall–Kier alpha value is -0.0800. The van der Waals surface area contributed by atoms with Crippen LogP contribution in [0.3, 0.4) is 0 Å². The molecule has 1 unspecified atom stereocenters. The summed E-state index contributed by atoms with van der Waals surface area (Å²) in [5, 5.41) is -0.827. The Kier molecular flexibility index (Phi) is 4.93. The number of hydrogen-bond donors (Lipinski definition) is 0. The second-order valence-corrected chi connectivity index (χ2v) is 4.58. The van der Waals surface area contributed by atoms with Gasteiger partial charge in [0.2, 0.25) is 10.5 Å². The van der Waals surface area contributed by atoms with Gasteiger partial charge in [-0.15, -0.1) is 0 Å². The van der Waals surface area contributed by atoms with Crippen molar-refractivity contribution >= 4 is 33.7 Å². The Morgan fingerprint density at radius 1 is 1.31 bits per heavy atom. The van der Waals surface area contributed by atoms with E-state index in [1.807, 2.05) is 20.8 Å². The van der Waals surface area contributed by atoms with Crippen LogP contribution in [0.1, 0.15) is 33.6 Å². The van der Waals surface area contributed by atoms with Gasteiger partial charge in [0.25, 0.3) is 0 Å². The molecule has 13 heavy (non-hydrogen) atoms. The lowest BCUT2D eigenvalue weighted by atomic mass is 9.76. The normalized spacial score (nSPS) is 13.9. The Balaban J connectivity index is 4.56. The predicted octanol–water partition coefficient (Wildman–Crippen LogP) is 2.96. The van der Waals surface area contributed by atoms with Crippen molar-refractivity contribution in [2.45, 2.75) is 33.6 Å². The van der Waals surface area contributed by atoms with Gasteiger partial charge < -0.3 is 0 Å². The van der Waals surface area contributed by atoms with E-state index in [-0.39, 0.29) is 12.3 Å². The smallest absolute Gasteiger partial charge is 0.225 e. The molecule has 0 bridgehead atoms. The first-order valence-corrected chi connectivity index (χ1v) is 4.94. The summed E-state index contributed by atoms with van der Waals surface area (Å²) in [4.78, 5) is 21.7. The van der Waals surface area contributed by atoms with Gasteiger partial charge in [-0.05, 0) is 35.0 Å². The van der Waals surface area contributed by atoms with Crippen LogP contribution < -0.4 is 0 Å². The van der Waals surface area contributed by atoms with E-state index in [0.717, 1.165) is 0 Å². The van der Waals surface area contributed by atoms with Crippen LogP contribution in [0.5, 0.6) is 0 Å². The summed E-state index contributed by atoms with van der Waals surface area (Å²) in [6, 6.07) is 0. The van der Waals surface area contributed by atoms with Crippen molar-refractivity contribution in [3.05, 3.63) is 0 Å². The van der Waals surface area contributed by atoms with Crippen molar-refractivity contribution in [2.75, 3.05) is 0 Å². The highest BCUT2D eigenvalue weighted by atomic mass is 35.5. The molecule has 0 rings (SSSR count). The van der Waals surface area contributed by atoms with E-state index < -0.39 is 15.9 Å². The van der Waals surface area contributed by atoms with Gasteiger partial charge in [-0.3, -0.25) is 9.59 Å². The predicted molar refractivity (Wildman–Crippen MR) is 53.9 cm³/mol. The monoisotopic (exact) mass is 224 g/mol. The molecule has 0 heterocycles. The van der Waals surface area contributed by atoms with E-state index in [2.05, 4.69) is 0 Å². The van der Waals surface area contributed by atoms with E-state index in [0.29, 0.717) is 6.42 Å². The topological polar surface area (TPSA) is 34.1 Å². The van der Waals surface area contributed by atoms with Gasteiger partial charge in [0.15, 0.2) is 0 Å². The van der Waals surface area contributed by atoms with Gasteiger partial charge in [-0.2, -0.15) is 0 Å². The first-order chi connectivity index (χ1) is 5.81. The Bertz CT molecular complexity index is 212. The molecule has 0 aromatic rings. The first-order valence-electron chi connectivity index (χ1n) is 4.19. The Morgan fingerprint density at radius 2 is 1.77 bits per heavy atom. The molecule has 0 aliphatic rings. The summed E-state index contributed by atoms with van der Waals surface area (Å²) in [7, 11) is 0. The van der Waals surface area contributed by atoms with Crippen LogP contribution in [-0.2, 0) is 9.59 Å². The minimum atomic E-state index is -0.452. The maximum absolute atomic E-state index is 11.0. The van der Waals surface area contributed by atoms with Crippen LogP contribution in [0.25, 0.3) is 0 Å². The maximum Gasteiger partial charge on any atom is 0.225 e. The second-order valence-electron chi connectivity index (χ2n) is 3.79. The fraction of sp³-hybridized carbons (Fsp3) is 0.778. The fourth-order valence-corrected chi connectivity index (χ4v) is 2.30. The third-order valence-corrected chi connectivity index (χ3v) is 2.62. The van der Waals surface area contributed by atoms with Crippen LogP contribution >= 0.6 is 23.2 Å². The molecule has 0 saturated carbocycles. The molecule has 0 fully saturated rings. The highest BCUT2D eigenvalue weighted by Gasteiger charge is 2.34. The van der Waals surface area contributed by atoms with Crippen molar-refractivity contribution in [3.8, 4) is 0 Å². The van der Waals surface area contributed by atoms with Gasteiger partial charge in [0.1, 0.15) is 0 Å². The van der Waals surface area contributed by atoms with E-state index in [9.17, 15) is 9.59 Å². The van der Waals surface area contributed by atoms with Crippen LogP contribution in [0, 0.1) is 11.3 Å². The molecule has 0 spiro atoms. The molecule has 76 valence electrons. The average Bonchev–Trinajstić information content (AvgIpc) is 1.82. The third-order valence-electron chi connectivity index (χ3n) is 2.22. The van der Waals surface area contributed by atoms with Gasteiger partial charge in [-0.25, -0.2) is 0 Å². The highest BCUT2D eigenvalue weighted by Crippen LogP contribution is 2.35. The van der Waals surface area contributed by atoms with E-state index in [1.54, 1.807) is 0 Å². The standard InChI is InChI=1S/C9H14Cl2O2/c1-4-6(8(11)13)9(2,3)5-7(10)12/h6H,4-5H2,1-3H3. The molecular weight excluding hydrogens is 211 g/mol. The quantitative estimate of drug-likeness (QED) is 0.674. The summed E-state index contributed by atoms with van der Waals surface area (Å²) in [5.41, 5.74) is -0.452. The summed E-state index contributed by atoms with van der Waals surface area (Å²) in [5.74, 6) is -0.308. The molecule has 0 aromatic carbocycles. The molecule has 0 radical (unpaired) electrons. The number of carbonyl (C=O) groups excluding carboxylic acids is 2. The van der Waals surface area contributed by atoms with Gasteiger partial charge >= 0.3 is 0 Å². The highest BCUT2D eigenvalue weighted by molar-refractivity contribution is 6.64. The molecule has 0 saturated heterocycles. The molecule has 1 atom stereocenters. The van der Waals surface area contributed by atoms with E-state index in [1.165, 1.54) is 0 Å². The average molecular weight is 225 g/mol. The van der Waals surface area contributed by atoms with Crippen molar-refractivity contribution in [1.82, 2.24) is 0 Å². The maximum atomic E-state index is 11.0. The minimum Gasteiger partial charge on any atom is -0.281 e. The van der Waals surface area contributed by atoms with E-state index in [4.69, 9.17) is 23.2 Å². The molecule has 0 aliphatic heterocycles. The molecule has 0 amide bonds. The first kappa shape index (κ1) is 12.9. The third kappa shape index (κ3) is 4.10. The molecule has 0 aliphatic carbocycles. The lowest BCUT2D eigenvalue weighted by Gasteiger charge is -2.29. The van der Waals surface area contributed by atoms with Crippen molar-refractivity contribution in [3.63, 3.8) is 0 Å². The molecule has 2 nitrogen and oxygen atoms in total. The Labute approximate surface area is 88.6 Å². The summed E-state index contributed by atoms with van der Waals surface area (Å²) < 4.78 is 0. The van der Waals surface area contributed by atoms with Gasteiger partial charge in [0, 0.05) is 12.3 Å². The zero-order valence-corrected chi connectivity index (χ0v) is 9.58. The lowest BCUT2D eigenvalue weighted by molar-refractivity contribution is -0.120. The zero-order chi connectivity index (χ0) is 10.6. The number of halogens is 2. The fourth-order valence-electron chi connectivity index (χ4n) is 1.50. The number of hydrogen-bond acceptors (Lipinski definition) is 2. The molecule has 0 aromatic heterocycles. The molecular formula is C9H14Cl2O2. The second kappa shape index (κ2) is 4.97. The number of rotatable bonds is 5. The van der Waals surface area contributed by atoms with Crippen LogP contribution in [-0.4, -0.2) is 10.5 Å². The van der Waals surface area contributed by atoms with Crippen LogP contribution in [0.4, 0.5) is 0 Å². The van der Waals surface area contributed by atoms with E-state index >= 15 is 0 Å². The van der Waals surface area contributed by atoms with Crippen molar-refractivity contribution in [1.29, 1.82) is 0 Å². The van der Waals surface area contributed by atoms with Crippen molar-refractivity contribution in [2.24, 2.45) is 11.3 Å². The Morgan fingerprint density at radius 3 is 2.00 bits per heavy atom. The van der Waals surface area contributed by atoms with Crippen LogP contribution in [0.2, 0.25) is 0 Å². The molecule has 0 N–H and O–H groups in total. The minimum absolute atomic E-state index is 0.172.